The Kier molecular flexibility index (Phi) is 31.4. The molecular formula is C61H75Cl3F4N12O12S2. The number of nitrogens with zero attached hydrogens (tertiary/aromatic N) is 7. The zero-order valence-corrected chi connectivity index (χ0v) is 56.2. The van der Waals surface area contributed by atoms with E-state index in [9.17, 15) is 51.1 Å². The molecular weight excluding hydrogens is 1340 g/mol. The van der Waals surface area contributed by atoms with Gasteiger partial charge in [0.25, 0.3) is 0 Å². The van der Waals surface area contributed by atoms with E-state index in [-0.39, 0.29) is 136 Å². The number of rotatable bonds is 20. The number of hydrogen-bond donors (Lipinski definition) is 5. The van der Waals surface area contributed by atoms with Crippen molar-refractivity contribution in [2.24, 2.45) is 0 Å². The lowest BCUT2D eigenvalue weighted by Crippen LogP contribution is -2.52. The highest BCUT2D eigenvalue weighted by Crippen LogP contribution is 2.26. The molecule has 2 aliphatic rings. The Morgan fingerprint density at radius 1 is 0.596 bits per heavy atom. The quantitative estimate of drug-likeness (QED) is 0.0351. The van der Waals surface area contributed by atoms with Crippen LogP contribution in [0.5, 0.6) is 0 Å². The van der Waals surface area contributed by atoms with Gasteiger partial charge in [-0.25, -0.2) is 41.5 Å². The third kappa shape index (κ3) is 24.0. The predicted molar refractivity (Wildman–Crippen MR) is 354 cm³/mol. The van der Waals surface area contributed by atoms with Gasteiger partial charge in [-0.3, -0.25) is 20.2 Å². The average Bonchev–Trinajstić information content (AvgIpc) is 1.55. The van der Waals surface area contributed by atoms with Crippen molar-refractivity contribution >= 4 is 116 Å². The van der Waals surface area contributed by atoms with Gasteiger partial charge in [0.15, 0.2) is 23.2 Å². The molecule has 9 amide bonds. The number of carbonyl (C=O) groups excluding carboxylic acids is 7. The lowest BCUT2D eigenvalue weighted by Gasteiger charge is -2.36. The number of nitrogens with one attached hydrogen (secondary N) is 5. The van der Waals surface area contributed by atoms with E-state index < -0.39 is 71.3 Å². The standard InChI is InChI=1S/C33H39ClF2N6O7.C28H31ClF2N6O5.ClH.2H2S/c1-33(2,3)48-32(46)42-15-13-41(14-16-42)28(43)12-11-24(40(4)30(44)37-19-22-8-6-10-25(36)29(22)34)20-47-31(45)38-27-18-26(49-39-27)21-7-5-9-23(35)17-21;1-36(27(39)33-16-19-5-3-7-22(31)26(19)29)21(8-9-25(38)37-12-10-32-11-13-37)17-41-28(40)34-24-15-23(42-35-24)18-4-2-6-20(30)14-18;;;/h5-10,17-18,24H,11-16,19-20H2,1-4H3,(H,37,44)(H,38,39,45);2-7,14-15,21,32H,8-13,16-17H2,1H3,(H,33,39)(H,34,35,40);1H;2*1H2/t24-;21-;;;/m00.../s1. The normalized spacial score (nSPS) is 13.3. The van der Waals surface area contributed by atoms with Crippen molar-refractivity contribution in [2.45, 2.75) is 77.2 Å². The molecule has 0 aliphatic carbocycles. The Morgan fingerprint density at radius 2 is 0.989 bits per heavy atom. The van der Waals surface area contributed by atoms with Crippen molar-refractivity contribution in [3.05, 3.63) is 142 Å². The molecule has 2 saturated heterocycles. The smallest absolute Gasteiger partial charge is 0.412 e. The van der Waals surface area contributed by atoms with Crippen molar-refractivity contribution in [1.29, 1.82) is 0 Å². The summed E-state index contributed by atoms with van der Waals surface area (Å²) in [4.78, 5) is 97.2. The van der Waals surface area contributed by atoms with E-state index >= 15 is 0 Å². The second kappa shape index (κ2) is 37.7. The van der Waals surface area contributed by atoms with E-state index in [1.54, 1.807) is 59.7 Å². The molecule has 4 heterocycles. The summed E-state index contributed by atoms with van der Waals surface area (Å²) in [6.45, 7) is 8.49. The molecule has 24 nitrogen and oxygen atoms in total. The molecule has 0 spiro atoms. The number of aromatic nitrogens is 2. The van der Waals surface area contributed by atoms with Crippen LogP contribution in [0, 0.1) is 23.3 Å². The molecule has 2 fully saturated rings. The minimum Gasteiger partial charge on any atom is -0.447 e. The van der Waals surface area contributed by atoms with E-state index in [1.165, 1.54) is 96.7 Å². The van der Waals surface area contributed by atoms with Crippen molar-refractivity contribution in [3.63, 3.8) is 0 Å². The first kappa shape index (κ1) is 78.3. The summed E-state index contributed by atoms with van der Waals surface area (Å²) in [6.07, 6.45) is -1.75. The van der Waals surface area contributed by atoms with Crippen LogP contribution in [0.15, 0.2) is 106 Å². The van der Waals surface area contributed by atoms with Crippen molar-refractivity contribution in [1.82, 2.24) is 50.8 Å². The highest BCUT2D eigenvalue weighted by molar-refractivity contribution is 7.59. The highest BCUT2D eigenvalue weighted by atomic mass is 35.5. The largest absolute Gasteiger partial charge is 0.447 e. The maximum Gasteiger partial charge on any atom is 0.412 e. The van der Waals surface area contributed by atoms with Crippen molar-refractivity contribution in [2.75, 3.05) is 90.3 Å². The molecule has 6 aromatic rings. The number of ether oxygens (including phenoxy) is 3. The summed E-state index contributed by atoms with van der Waals surface area (Å²) in [6, 6.07) is 20.1. The SMILES string of the molecule is CN(C(=O)NCc1cccc(F)c1Cl)[C@@H](CCC(=O)N1CCN(C(=O)OC(C)(C)C)CC1)COC(=O)Nc1cc(-c2cccc(F)c2)on1.CN(C(=O)NCc1cccc(F)c1Cl)[C@@H](CCC(=O)N1CCNCC1)COC(=O)Nc1cc(-c2cccc(F)c2)on1.Cl.S.S. The summed E-state index contributed by atoms with van der Waals surface area (Å²) in [5.41, 5.74) is 0.967. The van der Waals surface area contributed by atoms with Gasteiger partial charge in [-0.05, 0) is 81.1 Å². The van der Waals surface area contributed by atoms with Gasteiger partial charge in [-0.1, -0.05) is 82.0 Å². The molecule has 2 atom stereocenters. The molecule has 512 valence electrons. The van der Waals surface area contributed by atoms with Gasteiger partial charge in [0.05, 0.1) is 22.1 Å². The van der Waals surface area contributed by atoms with Gasteiger partial charge in [-0.15, -0.1) is 12.4 Å². The molecule has 0 radical (unpaired) electrons. The highest BCUT2D eigenvalue weighted by Gasteiger charge is 2.31. The molecule has 4 aromatic carbocycles. The number of halogens is 7. The van der Waals surface area contributed by atoms with Crippen molar-refractivity contribution < 1.29 is 74.4 Å². The molecule has 8 rings (SSSR count). The predicted octanol–water partition coefficient (Wildman–Crippen LogP) is 10.8. The maximum absolute atomic E-state index is 13.9. The van der Waals surface area contributed by atoms with Crippen LogP contribution >= 0.6 is 62.6 Å². The van der Waals surface area contributed by atoms with Gasteiger partial charge < -0.3 is 63.7 Å². The topological polar surface area (TPSA) is 276 Å². The maximum atomic E-state index is 13.9. The van der Waals surface area contributed by atoms with Crippen LogP contribution in [0.25, 0.3) is 22.6 Å². The summed E-state index contributed by atoms with van der Waals surface area (Å²) < 4.78 is 81.3. The molecule has 94 heavy (non-hydrogen) atoms. The number of hydrogen-bond acceptors (Lipinski definition) is 15. The van der Waals surface area contributed by atoms with Crippen LogP contribution in [0.3, 0.4) is 0 Å². The number of benzene rings is 4. The van der Waals surface area contributed by atoms with E-state index in [1.807, 2.05) is 0 Å². The van der Waals surface area contributed by atoms with Gasteiger partial charge in [0.1, 0.15) is 42.1 Å². The number of anilines is 2. The first-order valence-corrected chi connectivity index (χ1v) is 29.6. The molecule has 0 bridgehead atoms. The van der Waals surface area contributed by atoms with Crippen LogP contribution < -0.4 is 26.6 Å². The zero-order chi connectivity index (χ0) is 65.8. The molecule has 2 aliphatic heterocycles. The number of likely N-dealkylation sites (N-methyl/N-ethyl adjacent to an activating group) is 2. The van der Waals surface area contributed by atoms with Gasteiger partial charge in [-0.2, -0.15) is 27.0 Å². The molecule has 0 saturated carbocycles. The van der Waals surface area contributed by atoms with Crippen LogP contribution in [0.4, 0.5) is 53.2 Å². The summed E-state index contributed by atoms with van der Waals surface area (Å²) in [5, 5.41) is 20.7. The van der Waals surface area contributed by atoms with Crippen LogP contribution in [-0.2, 0) is 36.9 Å². The second-order valence-corrected chi connectivity index (χ2v) is 22.7. The monoisotopic (exact) mass is 1410 g/mol. The molecule has 2 aromatic heterocycles. The Morgan fingerprint density at radius 3 is 1.39 bits per heavy atom. The Labute approximate surface area is 570 Å². The summed E-state index contributed by atoms with van der Waals surface area (Å²) in [7, 11) is 2.98. The fraction of sp³-hybridized carbons (Fsp3) is 0.393. The Bertz CT molecular complexity index is 3510. The number of carbonyl (C=O) groups is 7. The Hall–Kier alpha value is -8.16. The minimum absolute atomic E-state index is 0. The third-order valence-electron chi connectivity index (χ3n) is 14.3. The fourth-order valence-electron chi connectivity index (χ4n) is 9.19. The summed E-state index contributed by atoms with van der Waals surface area (Å²) >= 11 is 12.0. The van der Waals surface area contributed by atoms with E-state index in [4.69, 9.17) is 46.5 Å². The second-order valence-electron chi connectivity index (χ2n) is 21.9. The molecule has 33 heteroatoms. The van der Waals surface area contributed by atoms with Gasteiger partial charge in [0, 0.05) is 116 Å². The minimum atomic E-state index is -0.908. The lowest BCUT2D eigenvalue weighted by molar-refractivity contribution is -0.133. The average molecular weight is 1410 g/mol. The number of amides is 9. The van der Waals surface area contributed by atoms with Crippen LogP contribution in [0.2, 0.25) is 10.0 Å². The first-order chi connectivity index (χ1) is 43.4. The Balaban J connectivity index is 0.000000392. The van der Waals surface area contributed by atoms with Crippen LogP contribution in [-0.4, -0.2) is 174 Å². The number of urea groups is 2. The van der Waals surface area contributed by atoms with E-state index in [2.05, 4.69) is 36.9 Å². The van der Waals surface area contributed by atoms with E-state index in [0.717, 1.165) is 0 Å². The van der Waals surface area contributed by atoms with Crippen molar-refractivity contribution in [3.8, 4) is 22.6 Å². The fourth-order valence-corrected chi connectivity index (χ4v) is 9.58. The van der Waals surface area contributed by atoms with Crippen LogP contribution in [0.1, 0.15) is 57.6 Å². The lowest BCUT2D eigenvalue weighted by atomic mass is 10.1. The zero-order valence-electron chi connectivity index (χ0n) is 51.9. The third-order valence-corrected chi connectivity index (χ3v) is 15.2. The summed E-state index contributed by atoms with van der Waals surface area (Å²) in [5.74, 6) is -1.91. The molecule has 5 N–H and O–H groups in total. The van der Waals surface area contributed by atoms with E-state index in [0.29, 0.717) is 74.6 Å². The van der Waals surface area contributed by atoms with Gasteiger partial charge in [0.2, 0.25) is 11.8 Å². The number of piperazine rings is 2. The first-order valence-electron chi connectivity index (χ1n) is 28.9. The molecule has 0 unspecified atom stereocenters. The van der Waals surface area contributed by atoms with Gasteiger partial charge >= 0.3 is 30.3 Å².